The number of carboxylic acids is 2. The van der Waals surface area contributed by atoms with Crippen molar-refractivity contribution in [3.63, 3.8) is 0 Å². The number of aromatic carboxylic acids is 2. The maximum absolute atomic E-state index is 11.8. The minimum absolute atomic E-state index is 0. The maximum Gasteiger partial charge on any atom is 0.339 e. The van der Waals surface area contributed by atoms with E-state index in [1.54, 1.807) is 24.3 Å². The van der Waals surface area contributed by atoms with Crippen LogP contribution in [0.1, 0.15) is 132 Å². The third-order valence-electron chi connectivity index (χ3n) is 6.22. The molecule has 0 aliphatic heterocycles. The van der Waals surface area contributed by atoms with E-state index >= 15 is 0 Å². The molecule has 0 saturated heterocycles. The molecule has 2 aromatic carbocycles. The fourth-order valence-corrected chi connectivity index (χ4v) is 3.95. The fourth-order valence-electron chi connectivity index (χ4n) is 3.95. The van der Waals surface area contributed by atoms with Gasteiger partial charge in [0.15, 0.2) is 0 Å². The van der Waals surface area contributed by atoms with E-state index in [-0.39, 0.29) is 35.7 Å². The van der Waals surface area contributed by atoms with Gasteiger partial charge in [0.2, 0.25) is 0 Å². The molecule has 0 radical (unpaired) electrons. The molecule has 0 atom stereocenters. The van der Waals surface area contributed by atoms with Gasteiger partial charge in [-0.25, -0.2) is 19.2 Å². The van der Waals surface area contributed by atoms with Gasteiger partial charge in [-0.1, -0.05) is 102 Å². The second-order valence-corrected chi connectivity index (χ2v) is 9.51. The first-order valence-corrected chi connectivity index (χ1v) is 14.3. The SMILES string of the molecule is CCCCCCCCOC(=O)c1ccccc1C(=O)O.CCCCCCCCOC(=O)c1ccccc1C(=O)O.S. The summed E-state index contributed by atoms with van der Waals surface area (Å²) < 4.78 is 10.2. The molecule has 8 nitrogen and oxygen atoms in total. The highest BCUT2D eigenvalue weighted by atomic mass is 32.1. The molecule has 0 aliphatic rings. The Bertz CT molecular complexity index is 970. The van der Waals surface area contributed by atoms with Gasteiger partial charge in [0.1, 0.15) is 0 Å². The lowest BCUT2D eigenvalue weighted by Gasteiger charge is -2.07. The molecule has 0 unspecified atom stereocenters. The largest absolute Gasteiger partial charge is 0.478 e. The first-order chi connectivity index (χ1) is 19.3. The van der Waals surface area contributed by atoms with E-state index in [4.69, 9.17) is 19.7 Å². The molecule has 228 valence electrons. The molecular weight excluding hydrogens is 544 g/mol. The molecule has 0 aliphatic carbocycles. The van der Waals surface area contributed by atoms with Gasteiger partial charge in [0.05, 0.1) is 35.5 Å². The number of carboxylic acid groups (broad SMARTS) is 2. The van der Waals surface area contributed by atoms with Gasteiger partial charge in [-0.3, -0.25) is 0 Å². The zero-order chi connectivity index (χ0) is 29.6. The highest BCUT2D eigenvalue weighted by Crippen LogP contribution is 2.13. The highest BCUT2D eigenvalue weighted by Gasteiger charge is 2.17. The third-order valence-corrected chi connectivity index (χ3v) is 6.22. The molecule has 0 heterocycles. The Morgan fingerprint density at radius 3 is 1.12 bits per heavy atom. The number of esters is 2. The quantitative estimate of drug-likeness (QED) is 0.132. The second kappa shape index (κ2) is 23.4. The van der Waals surface area contributed by atoms with Crippen LogP contribution in [0.3, 0.4) is 0 Å². The summed E-state index contributed by atoms with van der Waals surface area (Å²) in [5, 5.41) is 18.0. The third kappa shape index (κ3) is 15.9. The van der Waals surface area contributed by atoms with Crippen LogP contribution in [0.15, 0.2) is 48.5 Å². The maximum atomic E-state index is 11.8. The first kappa shape index (κ1) is 37.7. The Labute approximate surface area is 250 Å². The number of rotatable bonds is 18. The Kier molecular flexibility index (Phi) is 21.5. The molecule has 0 fully saturated rings. The normalized spacial score (nSPS) is 10.0. The molecule has 0 spiro atoms. The minimum atomic E-state index is -1.11. The summed E-state index contributed by atoms with van der Waals surface area (Å²) in [6, 6.07) is 12.2. The van der Waals surface area contributed by atoms with E-state index in [2.05, 4.69) is 13.8 Å². The van der Waals surface area contributed by atoms with Crippen molar-refractivity contribution in [1.29, 1.82) is 0 Å². The van der Waals surface area contributed by atoms with E-state index in [0.717, 1.165) is 38.5 Å². The Balaban J connectivity index is 0.000000762. The Morgan fingerprint density at radius 2 is 0.805 bits per heavy atom. The molecule has 2 N–H and O–H groups in total. The van der Waals surface area contributed by atoms with Crippen molar-refractivity contribution in [3.05, 3.63) is 70.8 Å². The number of carbonyl (C=O) groups excluding carboxylic acids is 2. The lowest BCUT2D eigenvalue weighted by atomic mass is 10.1. The lowest BCUT2D eigenvalue weighted by Crippen LogP contribution is -2.12. The number of benzene rings is 2. The van der Waals surface area contributed by atoms with Gasteiger partial charge in [0, 0.05) is 0 Å². The Hall–Kier alpha value is -3.33. The minimum Gasteiger partial charge on any atom is -0.478 e. The molecule has 0 amide bonds. The molecule has 2 aromatic rings. The van der Waals surface area contributed by atoms with E-state index in [1.807, 2.05) is 0 Å². The van der Waals surface area contributed by atoms with E-state index in [1.165, 1.54) is 62.8 Å². The number of carbonyl (C=O) groups is 4. The summed E-state index contributed by atoms with van der Waals surface area (Å²) >= 11 is 0. The van der Waals surface area contributed by atoms with Crippen LogP contribution >= 0.6 is 13.5 Å². The monoisotopic (exact) mass is 590 g/mol. The van der Waals surface area contributed by atoms with Crippen LogP contribution in [-0.4, -0.2) is 47.3 Å². The summed E-state index contributed by atoms with van der Waals surface area (Å²) in [6.45, 7) is 5.03. The molecule has 41 heavy (non-hydrogen) atoms. The number of hydrogen-bond acceptors (Lipinski definition) is 6. The van der Waals surface area contributed by atoms with Gasteiger partial charge in [-0.05, 0) is 37.1 Å². The van der Waals surface area contributed by atoms with Crippen LogP contribution in [-0.2, 0) is 9.47 Å². The summed E-state index contributed by atoms with van der Waals surface area (Å²) in [6.07, 6.45) is 13.4. The molecule has 0 aromatic heterocycles. The van der Waals surface area contributed by atoms with Crippen molar-refractivity contribution >= 4 is 37.4 Å². The van der Waals surface area contributed by atoms with Crippen LogP contribution in [0.2, 0.25) is 0 Å². The van der Waals surface area contributed by atoms with Gasteiger partial charge >= 0.3 is 23.9 Å². The molecule has 2 rings (SSSR count). The molecule has 9 heteroatoms. The van der Waals surface area contributed by atoms with Crippen LogP contribution < -0.4 is 0 Å². The Morgan fingerprint density at radius 1 is 0.512 bits per heavy atom. The summed E-state index contributed by atoms with van der Waals surface area (Å²) in [7, 11) is 0. The van der Waals surface area contributed by atoms with Crippen LogP contribution in [0, 0.1) is 0 Å². The summed E-state index contributed by atoms with van der Waals surface area (Å²) in [4.78, 5) is 45.6. The predicted molar refractivity (Wildman–Crippen MR) is 165 cm³/mol. The topological polar surface area (TPSA) is 127 Å². The van der Waals surface area contributed by atoms with Crippen LogP contribution in [0.4, 0.5) is 0 Å². The smallest absolute Gasteiger partial charge is 0.339 e. The van der Waals surface area contributed by atoms with Gasteiger partial charge in [-0.15, -0.1) is 0 Å². The summed E-state index contributed by atoms with van der Waals surface area (Å²) in [5.74, 6) is -3.35. The average molecular weight is 591 g/mol. The fraction of sp³-hybridized carbons (Fsp3) is 0.500. The van der Waals surface area contributed by atoms with Gasteiger partial charge < -0.3 is 19.7 Å². The van der Waals surface area contributed by atoms with E-state index in [9.17, 15) is 19.2 Å². The molecule has 0 bridgehead atoms. The van der Waals surface area contributed by atoms with Crippen molar-refractivity contribution in [2.45, 2.75) is 90.9 Å². The van der Waals surface area contributed by atoms with E-state index < -0.39 is 23.9 Å². The van der Waals surface area contributed by atoms with E-state index in [0.29, 0.717) is 13.2 Å². The zero-order valence-corrected chi connectivity index (χ0v) is 25.4. The second-order valence-electron chi connectivity index (χ2n) is 9.51. The van der Waals surface area contributed by atoms with Crippen LogP contribution in [0.25, 0.3) is 0 Å². The van der Waals surface area contributed by atoms with Gasteiger partial charge in [-0.2, -0.15) is 13.5 Å². The summed E-state index contributed by atoms with van der Waals surface area (Å²) in [5.41, 5.74) is 0.206. The predicted octanol–water partition coefficient (Wildman–Crippen LogP) is 7.92. The van der Waals surface area contributed by atoms with Crippen LogP contribution in [0.5, 0.6) is 0 Å². The molecule has 0 saturated carbocycles. The molecular formula is C32H46O8S. The highest BCUT2D eigenvalue weighted by molar-refractivity contribution is 7.59. The standard InChI is InChI=1S/2C16H22O4.H2S/c2*1-2-3-4-5-6-9-12-20-16(19)14-11-8-7-10-13(14)15(17)18;/h2*7-8,10-11H,2-6,9,12H2,1H3,(H,17,18);1H2. The van der Waals surface area contributed by atoms with Crippen molar-refractivity contribution in [2.24, 2.45) is 0 Å². The van der Waals surface area contributed by atoms with Crippen molar-refractivity contribution in [1.82, 2.24) is 0 Å². The zero-order valence-electron chi connectivity index (χ0n) is 24.4. The first-order valence-electron chi connectivity index (χ1n) is 14.3. The number of hydrogen-bond donors (Lipinski definition) is 2. The van der Waals surface area contributed by atoms with Crippen molar-refractivity contribution in [3.8, 4) is 0 Å². The average Bonchev–Trinajstić information content (AvgIpc) is 2.96. The number of ether oxygens (including phenoxy) is 2. The number of unbranched alkanes of at least 4 members (excludes halogenated alkanes) is 10. The van der Waals surface area contributed by atoms with Gasteiger partial charge in [0.25, 0.3) is 0 Å². The lowest BCUT2D eigenvalue weighted by molar-refractivity contribution is 0.0482. The van der Waals surface area contributed by atoms with Crippen molar-refractivity contribution in [2.75, 3.05) is 13.2 Å². The van der Waals surface area contributed by atoms with Crippen molar-refractivity contribution < 1.29 is 38.9 Å².